The zero-order chi connectivity index (χ0) is 26.4. The van der Waals surface area contributed by atoms with Crippen LogP contribution in [0.3, 0.4) is 0 Å². The molecule has 0 amide bonds. The number of hydrogen-bond acceptors (Lipinski definition) is 10. The minimum Gasteiger partial charge on any atom is -0.478 e. The van der Waals surface area contributed by atoms with Gasteiger partial charge in [0.2, 0.25) is 5.95 Å². The summed E-state index contributed by atoms with van der Waals surface area (Å²) in [6, 6.07) is 7.95. The minimum atomic E-state index is -0.324. The Morgan fingerprint density at radius 2 is 1.92 bits per heavy atom. The van der Waals surface area contributed by atoms with E-state index >= 15 is 0 Å². The first kappa shape index (κ1) is 25.8. The molecule has 10 nitrogen and oxygen atoms in total. The number of methoxy groups -OCH3 is 2. The van der Waals surface area contributed by atoms with E-state index in [1.807, 2.05) is 6.92 Å². The number of Topliss-reactive ketones (excluding diaryl/α,β-unsaturated/α-hetero) is 1. The highest BCUT2D eigenvalue weighted by molar-refractivity contribution is 6.16. The lowest BCUT2D eigenvalue weighted by atomic mass is 10.0. The molecule has 1 aromatic carbocycles. The van der Waals surface area contributed by atoms with Crippen LogP contribution in [0.1, 0.15) is 36.7 Å². The molecular formula is C26H28FN7O3. The van der Waals surface area contributed by atoms with Crippen molar-refractivity contribution in [3.05, 3.63) is 65.5 Å². The molecule has 1 aliphatic heterocycles. The molecule has 0 bridgehead atoms. The molecule has 0 unspecified atom stereocenters. The van der Waals surface area contributed by atoms with Gasteiger partial charge in [-0.2, -0.15) is 0 Å². The first-order valence-corrected chi connectivity index (χ1v) is 11.7. The van der Waals surface area contributed by atoms with Gasteiger partial charge < -0.3 is 20.5 Å². The lowest BCUT2D eigenvalue weighted by Crippen LogP contribution is -2.18. The number of nitrogens with one attached hydrogen (secondary N) is 1. The van der Waals surface area contributed by atoms with Crippen molar-refractivity contribution in [2.24, 2.45) is 10.9 Å². The Hall–Kier alpha value is -4.25. The number of nitrogens with two attached hydrogens (primary N) is 1. The van der Waals surface area contributed by atoms with Crippen LogP contribution in [0.4, 0.5) is 16.2 Å². The number of rotatable bonds is 11. The smallest absolute Gasteiger partial charge is 0.257 e. The molecule has 1 aliphatic rings. The molecule has 1 atom stereocenters. The van der Waals surface area contributed by atoms with Crippen molar-refractivity contribution in [3.8, 4) is 5.88 Å². The topological polar surface area (TPSA) is 138 Å². The summed E-state index contributed by atoms with van der Waals surface area (Å²) in [6.07, 6.45) is 4.01. The third-order valence-corrected chi connectivity index (χ3v) is 5.71. The maximum atomic E-state index is 13.5. The Labute approximate surface area is 213 Å². The Kier molecular flexibility index (Phi) is 8.14. The van der Waals surface area contributed by atoms with E-state index in [0.29, 0.717) is 42.4 Å². The summed E-state index contributed by atoms with van der Waals surface area (Å²) in [7, 11) is 2.97. The maximum Gasteiger partial charge on any atom is 0.257 e. The standard InChI is InChI=1S/C26H28FN7O3/c1-15(10-18(35)14-36-2)12-31-26-29-9-8-20(34-26)19-11-21(16-4-6-17(27)7-5-16)32-23(19)22-13-30-24(28)25(33-22)37-3/h4-9,13,15H,10-12,14H2,1-3H3,(H2,28,30)(H,29,31,34)/t15-/m1/s1. The number of hydrogen-bond donors (Lipinski definition) is 2. The lowest BCUT2D eigenvalue weighted by molar-refractivity contribution is -0.123. The molecule has 3 aromatic rings. The van der Waals surface area contributed by atoms with E-state index in [9.17, 15) is 9.18 Å². The number of aliphatic imine (C=N–C) groups is 1. The Morgan fingerprint density at radius 1 is 1.14 bits per heavy atom. The minimum absolute atomic E-state index is 0.0396. The van der Waals surface area contributed by atoms with Crippen LogP contribution < -0.4 is 15.8 Å². The molecule has 0 aliphatic carbocycles. The second kappa shape index (κ2) is 11.7. The van der Waals surface area contributed by atoms with Crippen molar-refractivity contribution in [2.45, 2.75) is 19.8 Å². The summed E-state index contributed by atoms with van der Waals surface area (Å²) in [5.41, 5.74) is 9.86. The fourth-order valence-corrected chi connectivity index (χ4v) is 3.93. The van der Waals surface area contributed by atoms with Gasteiger partial charge in [0.05, 0.1) is 30.4 Å². The molecule has 4 rings (SSSR count). The molecule has 192 valence electrons. The number of ether oxygens (including phenoxy) is 2. The third kappa shape index (κ3) is 6.31. The van der Waals surface area contributed by atoms with Gasteiger partial charge in [-0.05, 0) is 29.7 Å². The maximum absolute atomic E-state index is 13.5. The Balaban J connectivity index is 1.63. The Morgan fingerprint density at radius 3 is 2.65 bits per heavy atom. The number of nitrogen functional groups attached to an aromatic ring is 1. The predicted octanol–water partition coefficient (Wildman–Crippen LogP) is 3.41. The monoisotopic (exact) mass is 505 g/mol. The fourth-order valence-electron chi connectivity index (χ4n) is 3.93. The van der Waals surface area contributed by atoms with Gasteiger partial charge in [-0.1, -0.05) is 19.1 Å². The van der Waals surface area contributed by atoms with Gasteiger partial charge in [-0.3, -0.25) is 4.79 Å². The second-order valence-electron chi connectivity index (χ2n) is 8.65. The quantitative estimate of drug-likeness (QED) is 0.401. The largest absolute Gasteiger partial charge is 0.478 e. The van der Waals surface area contributed by atoms with Gasteiger partial charge in [0.15, 0.2) is 11.6 Å². The highest BCUT2D eigenvalue weighted by atomic mass is 19.1. The lowest BCUT2D eigenvalue weighted by Gasteiger charge is -2.13. The van der Waals surface area contributed by atoms with E-state index in [2.05, 4.69) is 20.3 Å². The van der Waals surface area contributed by atoms with Gasteiger partial charge in [0.25, 0.3) is 5.88 Å². The van der Waals surface area contributed by atoms with Crippen molar-refractivity contribution in [3.63, 3.8) is 0 Å². The fraction of sp³-hybridized carbons (Fsp3) is 0.308. The summed E-state index contributed by atoms with van der Waals surface area (Å²) in [6.45, 7) is 2.59. The molecule has 0 fully saturated rings. The van der Waals surface area contributed by atoms with Crippen molar-refractivity contribution in [1.29, 1.82) is 0 Å². The average Bonchev–Trinajstić information content (AvgIpc) is 3.34. The second-order valence-corrected chi connectivity index (χ2v) is 8.65. The summed E-state index contributed by atoms with van der Waals surface area (Å²) >= 11 is 0. The zero-order valence-corrected chi connectivity index (χ0v) is 20.9. The van der Waals surface area contributed by atoms with Gasteiger partial charge in [-0.15, -0.1) is 0 Å². The van der Waals surface area contributed by atoms with E-state index in [-0.39, 0.29) is 35.8 Å². The molecule has 3 N–H and O–H groups in total. The zero-order valence-electron chi connectivity index (χ0n) is 20.9. The number of aromatic nitrogens is 4. The summed E-state index contributed by atoms with van der Waals surface area (Å²) in [5, 5.41) is 3.20. The van der Waals surface area contributed by atoms with Crippen molar-refractivity contribution in [2.75, 3.05) is 38.4 Å². The van der Waals surface area contributed by atoms with Gasteiger partial charge in [0.1, 0.15) is 18.1 Å². The van der Waals surface area contributed by atoms with Crippen LogP contribution >= 0.6 is 0 Å². The van der Waals surface area contributed by atoms with E-state index in [1.54, 1.807) is 24.4 Å². The first-order chi connectivity index (χ1) is 17.9. The molecule has 3 heterocycles. The number of carbonyl (C=O) groups is 1. The van der Waals surface area contributed by atoms with E-state index < -0.39 is 0 Å². The van der Waals surface area contributed by atoms with Crippen LogP contribution in [-0.2, 0) is 9.53 Å². The molecule has 0 saturated heterocycles. The van der Waals surface area contributed by atoms with Crippen molar-refractivity contribution >= 4 is 34.5 Å². The van der Waals surface area contributed by atoms with Crippen LogP contribution in [0.5, 0.6) is 5.88 Å². The number of benzene rings is 1. The summed E-state index contributed by atoms with van der Waals surface area (Å²) in [4.78, 5) is 34.4. The summed E-state index contributed by atoms with van der Waals surface area (Å²) in [5.74, 6) is 0.568. The number of carbonyl (C=O) groups excluding carboxylic acids is 1. The highest BCUT2D eigenvalue weighted by Gasteiger charge is 2.25. The molecular weight excluding hydrogens is 477 g/mol. The van der Waals surface area contributed by atoms with E-state index in [1.165, 1.54) is 32.5 Å². The SMILES string of the molecule is COCC(=O)C[C@@H](C)CNc1nccc(C2=C(c3cnc(N)c(OC)n3)N=C(c3ccc(F)cc3)C2)n1. The molecule has 0 spiro atoms. The van der Waals surface area contributed by atoms with E-state index in [0.717, 1.165) is 16.8 Å². The highest BCUT2D eigenvalue weighted by Crippen LogP contribution is 2.36. The number of nitrogens with zero attached hydrogens (tertiary/aromatic N) is 5. The van der Waals surface area contributed by atoms with Crippen molar-refractivity contribution in [1.82, 2.24) is 19.9 Å². The van der Waals surface area contributed by atoms with Gasteiger partial charge in [-0.25, -0.2) is 29.3 Å². The normalized spacial score (nSPS) is 13.9. The predicted molar refractivity (Wildman–Crippen MR) is 139 cm³/mol. The molecule has 11 heteroatoms. The van der Waals surface area contributed by atoms with Crippen LogP contribution in [0.2, 0.25) is 0 Å². The number of anilines is 2. The first-order valence-electron chi connectivity index (χ1n) is 11.7. The van der Waals surface area contributed by atoms with Gasteiger partial charge in [0, 0.05) is 38.3 Å². The number of allylic oxidation sites excluding steroid dienone is 1. The van der Waals surface area contributed by atoms with E-state index in [4.69, 9.17) is 25.2 Å². The molecule has 0 radical (unpaired) electrons. The molecule has 0 saturated carbocycles. The summed E-state index contributed by atoms with van der Waals surface area (Å²) < 4.78 is 23.7. The van der Waals surface area contributed by atoms with Gasteiger partial charge >= 0.3 is 0 Å². The third-order valence-electron chi connectivity index (χ3n) is 5.71. The molecule has 2 aromatic heterocycles. The van der Waals surface area contributed by atoms with Crippen LogP contribution in [-0.4, -0.2) is 58.8 Å². The van der Waals surface area contributed by atoms with Crippen LogP contribution in [0, 0.1) is 11.7 Å². The number of ketones is 1. The van der Waals surface area contributed by atoms with Crippen LogP contribution in [0.15, 0.2) is 47.7 Å². The average molecular weight is 506 g/mol. The number of halogens is 1. The van der Waals surface area contributed by atoms with Crippen molar-refractivity contribution < 1.29 is 18.7 Å². The molecule has 37 heavy (non-hydrogen) atoms. The Bertz CT molecular complexity index is 1340. The van der Waals surface area contributed by atoms with Crippen LogP contribution in [0.25, 0.3) is 11.3 Å².